The number of aromatic nitrogens is 5. The molecule has 0 aromatic carbocycles. The van der Waals surface area contributed by atoms with Crippen molar-refractivity contribution in [3.05, 3.63) is 58.4 Å². The quantitative estimate of drug-likeness (QED) is 0.746. The summed E-state index contributed by atoms with van der Waals surface area (Å²) in [5.74, 6) is 0.576. The van der Waals surface area contributed by atoms with E-state index < -0.39 is 0 Å². The molecule has 0 saturated heterocycles. The number of hydrogen-bond acceptors (Lipinski definition) is 5. The van der Waals surface area contributed by atoms with Crippen LogP contribution >= 0.6 is 0 Å². The first-order valence-electron chi connectivity index (χ1n) is 7.32. The maximum atomic E-state index is 12.3. The van der Waals surface area contributed by atoms with E-state index in [9.17, 15) is 9.59 Å². The lowest BCUT2D eigenvalue weighted by Crippen LogP contribution is -2.24. The van der Waals surface area contributed by atoms with Crippen LogP contribution in [0.15, 0.2) is 41.6 Å². The van der Waals surface area contributed by atoms with E-state index in [2.05, 4.69) is 25.4 Å². The Morgan fingerprint density at radius 2 is 2.04 bits per heavy atom. The fourth-order valence-corrected chi connectivity index (χ4v) is 2.29. The topological polar surface area (TPSA) is 106 Å². The Kier molecular flexibility index (Phi) is 4.19. The van der Waals surface area contributed by atoms with E-state index in [0.29, 0.717) is 22.9 Å². The summed E-state index contributed by atoms with van der Waals surface area (Å²) >= 11 is 0. The van der Waals surface area contributed by atoms with Gasteiger partial charge in [-0.15, -0.1) is 0 Å². The summed E-state index contributed by atoms with van der Waals surface area (Å²) in [5.41, 5.74) is 1.28. The average Bonchev–Trinajstić information content (AvgIpc) is 2.96. The van der Waals surface area contributed by atoms with Crippen LogP contribution in [-0.2, 0) is 18.3 Å². The van der Waals surface area contributed by atoms with Crippen molar-refractivity contribution >= 4 is 11.7 Å². The predicted octanol–water partition coefficient (Wildman–Crippen LogP) is 1.06. The maximum absolute atomic E-state index is 12.3. The fraction of sp³-hybridized carbons (Fsp3) is 0.188. The molecule has 3 heterocycles. The van der Waals surface area contributed by atoms with E-state index in [1.807, 2.05) is 0 Å². The first kappa shape index (κ1) is 15.6. The van der Waals surface area contributed by atoms with Crippen LogP contribution in [-0.4, -0.2) is 30.6 Å². The van der Waals surface area contributed by atoms with Crippen LogP contribution in [0.1, 0.15) is 11.3 Å². The van der Waals surface area contributed by atoms with Gasteiger partial charge in [0.1, 0.15) is 5.82 Å². The molecule has 0 aliphatic carbocycles. The molecule has 24 heavy (non-hydrogen) atoms. The predicted molar refractivity (Wildman–Crippen MR) is 88.4 cm³/mol. The molecule has 0 saturated carbocycles. The third kappa shape index (κ3) is 3.37. The van der Waals surface area contributed by atoms with Crippen LogP contribution < -0.4 is 10.9 Å². The normalized spacial score (nSPS) is 10.6. The minimum atomic E-state index is -0.328. The highest BCUT2D eigenvalue weighted by molar-refractivity contribution is 5.91. The molecule has 3 rings (SSSR count). The van der Waals surface area contributed by atoms with Gasteiger partial charge < -0.3 is 10.3 Å². The second-order valence-corrected chi connectivity index (χ2v) is 5.31. The summed E-state index contributed by atoms with van der Waals surface area (Å²) in [6.45, 7) is 1.71. The smallest absolute Gasteiger partial charge is 0.255 e. The van der Waals surface area contributed by atoms with Crippen molar-refractivity contribution in [1.29, 1.82) is 0 Å². The number of nitrogens with one attached hydrogen (secondary N) is 2. The molecule has 8 heteroatoms. The monoisotopic (exact) mass is 324 g/mol. The third-order valence-electron chi connectivity index (χ3n) is 3.49. The Bertz CT molecular complexity index is 929. The van der Waals surface area contributed by atoms with Gasteiger partial charge in [-0.25, -0.2) is 4.98 Å². The highest BCUT2D eigenvalue weighted by Crippen LogP contribution is 2.13. The highest BCUT2D eigenvalue weighted by Gasteiger charge is 2.14. The number of pyridine rings is 1. The van der Waals surface area contributed by atoms with Crippen molar-refractivity contribution in [3.8, 4) is 11.4 Å². The van der Waals surface area contributed by atoms with Crippen LogP contribution in [0.5, 0.6) is 0 Å². The molecule has 3 aromatic heterocycles. The second-order valence-electron chi connectivity index (χ2n) is 5.31. The van der Waals surface area contributed by atoms with E-state index in [-0.39, 0.29) is 17.9 Å². The number of amides is 1. The first-order chi connectivity index (χ1) is 11.5. The number of nitrogens with zero attached hydrogens (tertiary/aromatic N) is 4. The van der Waals surface area contributed by atoms with Crippen LogP contribution in [0.2, 0.25) is 0 Å². The summed E-state index contributed by atoms with van der Waals surface area (Å²) in [6.07, 6.45) is 4.90. The van der Waals surface area contributed by atoms with Gasteiger partial charge >= 0.3 is 0 Å². The van der Waals surface area contributed by atoms with Gasteiger partial charge in [0, 0.05) is 48.5 Å². The van der Waals surface area contributed by atoms with Crippen molar-refractivity contribution in [2.45, 2.75) is 13.3 Å². The molecule has 3 aromatic rings. The van der Waals surface area contributed by atoms with E-state index in [4.69, 9.17) is 0 Å². The lowest BCUT2D eigenvalue weighted by Gasteiger charge is -2.07. The van der Waals surface area contributed by atoms with Crippen LogP contribution in [0.4, 0.5) is 5.82 Å². The Morgan fingerprint density at radius 3 is 2.67 bits per heavy atom. The molecule has 0 atom stereocenters. The number of carbonyl (C=O) groups excluding carboxylic acids is 1. The molecule has 122 valence electrons. The standard InChI is InChI=1S/C16H16N6O2/c1-10-12(9-14(23)19-13-5-8-22(2)21-13)16(24)20-15(18-10)11-3-6-17-7-4-11/h3-8H,9H2,1-2H3,(H,18,20,24)(H,19,21,23). The SMILES string of the molecule is Cc1nc(-c2ccncc2)[nH]c(=O)c1CC(=O)Nc1ccn(C)n1. The minimum Gasteiger partial charge on any atom is -0.309 e. The van der Waals surface area contributed by atoms with Gasteiger partial charge in [0.15, 0.2) is 5.82 Å². The molecular formula is C16H16N6O2. The van der Waals surface area contributed by atoms with Crippen molar-refractivity contribution < 1.29 is 4.79 Å². The zero-order valence-corrected chi connectivity index (χ0v) is 13.3. The largest absolute Gasteiger partial charge is 0.309 e. The number of aromatic amines is 1. The minimum absolute atomic E-state index is 0.0681. The molecule has 0 bridgehead atoms. The van der Waals surface area contributed by atoms with E-state index in [0.717, 1.165) is 5.56 Å². The highest BCUT2D eigenvalue weighted by atomic mass is 16.2. The number of aryl methyl sites for hydroxylation is 2. The molecule has 1 amide bonds. The molecule has 0 aliphatic heterocycles. The number of carbonyl (C=O) groups is 1. The molecule has 0 aliphatic rings. The van der Waals surface area contributed by atoms with Crippen molar-refractivity contribution in [2.75, 3.05) is 5.32 Å². The lowest BCUT2D eigenvalue weighted by atomic mass is 10.1. The number of H-pyrrole nitrogens is 1. The van der Waals surface area contributed by atoms with E-state index >= 15 is 0 Å². The maximum Gasteiger partial charge on any atom is 0.255 e. The van der Waals surface area contributed by atoms with Crippen LogP contribution in [0.3, 0.4) is 0 Å². The van der Waals surface area contributed by atoms with Gasteiger partial charge in [-0.2, -0.15) is 5.10 Å². The molecule has 0 radical (unpaired) electrons. The number of hydrogen-bond donors (Lipinski definition) is 2. The third-order valence-corrected chi connectivity index (χ3v) is 3.49. The number of anilines is 1. The summed E-state index contributed by atoms with van der Waals surface area (Å²) in [7, 11) is 1.76. The summed E-state index contributed by atoms with van der Waals surface area (Å²) in [6, 6.07) is 5.19. The van der Waals surface area contributed by atoms with Gasteiger partial charge in [0.05, 0.1) is 6.42 Å². The molecule has 8 nitrogen and oxygen atoms in total. The van der Waals surface area contributed by atoms with Crippen LogP contribution in [0.25, 0.3) is 11.4 Å². The van der Waals surface area contributed by atoms with E-state index in [1.165, 1.54) is 0 Å². The lowest BCUT2D eigenvalue weighted by molar-refractivity contribution is -0.115. The molecule has 0 spiro atoms. The Labute approximate surface area is 137 Å². The summed E-state index contributed by atoms with van der Waals surface area (Å²) < 4.78 is 1.58. The average molecular weight is 324 g/mol. The van der Waals surface area contributed by atoms with Gasteiger partial charge in [-0.3, -0.25) is 19.3 Å². The molecular weight excluding hydrogens is 308 g/mol. The first-order valence-corrected chi connectivity index (χ1v) is 7.32. The van der Waals surface area contributed by atoms with Gasteiger partial charge in [-0.1, -0.05) is 0 Å². The van der Waals surface area contributed by atoms with Gasteiger partial charge in [-0.05, 0) is 19.1 Å². The molecule has 0 fully saturated rings. The Balaban J connectivity index is 1.81. The van der Waals surface area contributed by atoms with Gasteiger partial charge in [0.25, 0.3) is 5.56 Å². The van der Waals surface area contributed by atoms with Crippen molar-refractivity contribution in [1.82, 2.24) is 24.7 Å². The Morgan fingerprint density at radius 1 is 1.29 bits per heavy atom. The zero-order chi connectivity index (χ0) is 17.1. The van der Waals surface area contributed by atoms with Crippen LogP contribution in [0, 0.1) is 6.92 Å². The zero-order valence-electron chi connectivity index (χ0n) is 13.3. The van der Waals surface area contributed by atoms with E-state index in [1.54, 1.807) is 55.4 Å². The Hall–Kier alpha value is -3.29. The van der Waals surface area contributed by atoms with Gasteiger partial charge in [0.2, 0.25) is 5.91 Å². The number of rotatable bonds is 4. The molecule has 0 unspecified atom stereocenters. The van der Waals surface area contributed by atoms with Crippen molar-refractivity contribution in [3.63, 3.8) is 0 Å². The fourth-order valence-electron chi connectivity index (χ4n) is 2.29. The van der Waals surface area contributed by atoms with Crippen molar-refractivity contribution in [2.24, 2.45) is 7.05 Å². The summed E-state index contributed by atoms with van der Waals surface area (Å²) in [4.78, 5) is 35.4. The molecule has 2 N–H and O–H groups in total. The summed E-state index contributed by atoms with van der Waals surface area (Å²) in [5, 5.41) is 6.72. The second kappa shape index (κ2) is 6.45.